The van der Waals surface area contributed by atoms with E-state index >= 15 is 0 Å². The average Bonchev–Trinajstić information content (AvgIpc) is 2.64. The van der Waals surface area contributed by atoms with E-state index in [9.17, 15) is 4.79 Å². The van der Waals surface area contributed by atoms with Gasteiger partial charge < -0.3 is 10.1 Å². The summed E-state index contributed by atoms with van der Waals surface area (Å²) in [6, 6.07) is 4.99. The van der Waals surface area contributed by atoms with Gasteiger partial charge in [0.15, 0.2) is 5.69 Å². The highest BCUT2D eigenvalue weighted by atomic mass is 35.5. The van der Waals surface area contributed by atoms with Crippen molar-refractivity contribution in [1.82, 2.24) is 9.97 Å². The normalized spacial score (nSPS) is 10.5. The van der Waals surface area contributed by atoms with Gasteiger partial charge in [-0.15, -0.1) is 0 Å². The quantitative estimate of drug-likeness (QED) is 0.879. The number of hydrogen-bond acceptors (Lipinski definition) is 2. The summed E-state index contributed by atoms with van der Waals surface area (Å²) in [4.78, 5) is 17.7. The maximum Gasteiger partial charge on any atom is 0.356 e. The van der Waals surface area contributed by atoms with E-state index in [1.54, 1.807) is 25.1 Å². The highest BCUT2D eigenvalue weighted by molar-refractivity contribution is 6.42. The highest BCUT2D eigenvalue weighted by Gasteiger charge is 2.14. The smallest absolute Gasteiger partial charge is 0.356 e. The molecule has 0 aliphatic carbocycles. The average molecular weight is 271 g/mol. The number of rotatable bonds is 2. The first-order valence-electron chi connectivity index (χ1n) is 4.74. The van der Waals surface area contributed by atoms with Gasteiger partial charge in [-0.3, -0.25) is 0 Å². The largest absolute Gasteiger partial charge is 0.476 e. The number of carbonyl (C=O) groups is 1. The number of aromatic nitrogens is 2. The van der Waals surface area contributed by atoms with Crippen molar-refractivity contribution >= 4 is 29.2 Å². The van der Waals surface area contributed by atoms with Crippen molar-refractivity contribution in [2.45, 2.75) is 6.92 Å². The minimum absolute atomic E-state index is 0.00562. The third kappa shape index (κ3) is 2.28. The molecular formula is C11H8Cl2N2O2. The molecule has 6 heteroatoms. The Labute approximate surface area is 107 Å². The number of hydrogen-bond donors (Lipinski definition) is 2. The molecular weight excluding hydrogens is 263 g/mol. The standard InChI is InChI=1S/C11H8Cl2N2O2/c1-5-9(11(16)17)15-10(14-5)6-2-3-7(12)8(13)4-6/h2-4H,1H3,(H,14,15)(H,16,17). The summed E-state index contributed by atoms with van der Waals surface area (Å²) < 4.78 is 0. The van der Waals surface area contributed by atoms with E-state index in [0.29, 0.717) is 27.1 Å². The van der Waals surface area contributed by atoms with Crippen LogP contribution in [0.3, 0.4) is 0 Å². The number of aromatic amines is 1. The molecule has 0 amide bonds. The predicted octanol–water partition coefficient (Wildman–Crippen LogP) is 3.39. The number of nitrogens with zero attached hydrogens (tertiary/aromatic N) is 1. The summed E-state index contributed by atoms with van der Waals surface area (Å²) in [5, 5.41) is 9.73. The molecule has 1 aromatic carbocycles. The summed E-state index contributed by atoms with van der Waals surface area (Å²) in [7, 11) is 0. The number of nitrogens with one attached hydrogen (secondary N) is 1. The van der Waals surface area contributed by atoms with Crippen LogP contribution in [0.2, 0.25) is 10.0 Å². The molecule has 0 saturated heterocycles. The summed E-state index contributed by atoms with van der Waals surface area (Å²) in [6.45, 7) is 1.65. The second-order valence-corrected chi connectivity index (χ2v) is 4.31. The Balaban J connectivity index is 2.50. The van der Waals surface area contributed by atoms with E-state index in [1.165, 1.54) is 0 Å². The lowest BCUT2D eigenvalue weighted by molar-refractivity contribution is 0.0690. The molecule has 2 N–H and O–H groups in total. The predicted molar refractivity (Wildman–Crippen MR) is 65.7 cm³/mol. The van der Waals surface area contributed by atoms with Crippen molar-refractivity contribution < 1.29 is 9.90 Å². The fraction of sp³-hybridized carbons (Fsp3) is 0.0909. The number of aryl methyl sites for hydroxylation is 1. The Morgan fingerprint density at radius 1 is 1.35 bits per heavy atom. The summed E-state index contributed by atoms with van der Waals surface area (Å²) in [5.41, 5.74) is 1.19. The van der Waals surface area contributed by atoms with Crippen LogP contribution in [0.5, 0.6) is 0 Å². The van der Waals surface area contributed by atoms with Gasteiger partial charge in [-0.2, -0.15) is 0 Å². The van der Waals surface area contributed by atoms with E-state index in [1.807, 2.05) is 0 Å². The van der Waals surface area contributed by atoms with E-state index < -0.39 is 5.97 Å². The molecule has 0 atom stereocenters. The van der Waals surface area contributed by atoms with Crippen LogP contribution in [0, 0.1) is 6.92 Å². The Bertz CT molecular complexity index is 593. The second kappa shape index (κ2) is 4.39. The number of aromatic carboxylic acids is 1. The Morgan fingerprint density at radius 2 is 2.06 bits per heavy atom. The summed E-state index contributed by atoms with van der Waals surface area (Å²) >= 11 is 11.7. The number of carboxylic acids is 1. The van der Waals surface area contributed by atoms with Gasteiger partial charge in [0, 0.05) is 11.3 Å². The lowest BCUT2D eigenvalue weighted by Crippen LogP contribution is -1.98. The molecule has 0 aliphatic heterocycles. The number of benzene rings is 1. The van der Waals surface area contributed by atoms with Crippen molar-refractivity contribution in [2.75, 3.05) is 0 Å². The molecule has 4 nitrogen and oxygen atoms in total. The van der Waals surface area contributed by atoms with Gasteiger partial charge >= 0.3 is 5.97 Å². The summed E-state index contributed by atoms with van der Waals surface area (Å²) in [5.74, 6) is -0.608. The van der Waals surface area contributed by atoms with Crippen LogP contribution in [0.15, 0.2) is 18.2 Å². The van der Waals surface area contributed by atoms with Crippen molar-refractivity contribution in [2.24, 2.45) is 0 Å². The molecule has 0 unspecified atom stereocenters. The van der Waals surface area contributed by atoms with Crippen LogP contribution in [-0.2, 0) is 0 Å². The molecule has 0 bridgehead atoms. The van der Waals surface area contributed by atoms with Crippen LogP contribution < -0.4 is 0 Å². The summed E-state index contributed by atoms with van der Waals surface area (Å²) in [6.07, 6.45) is 0. The first kappa shape index (κ1) is 12.0. The highest BCUT2D eigenvalue weighted by Crippen LogP contribution is 2.27. The molecule has 2 aromatic rings. The Hall–Kier alpha value is -1.52. The van der Waals surface area contributed by atoms with Gasteiger partial charge in [-0.1, -0.05) is 23.2 Å². The van der Waals surface area contributed by atoms with E-state index in [-0.39, 0.29) is 5.69 Å². The molecule has 0 saturated carbocycles. The van der Waals surface area contributed by atoms with E-state index in [0.717, 1.165) is 0 Å². The molecule has 0 fully saturated rings. The molecule has 0 aliphatic rings. The zero-order valence-corrected chi connectivity index (χ0v) is 10.3. The first-order chi connectivity index (χ1) is 7.99. The molecule has 2 rings (SSSR count). The van der Waals surface area contributed by atoms with Gasteiger partial charge in [0.25, 0.3) is 0 Å². The van der Waals surface area contributed by atoms with Crippen molar-refractivity contribution in [3.8, 4) is 11.4 Å². The molecule has 0 radical (unpaired) electrons. The second-order valence-electron chi connectivity index (χ2n) is 3.49. The minimum atomic E-state index is -1.06. The number of carboxylic acid groups (broad SMARTS) is 1. The van der Waals surface area contributed by atoms with Crippen LogP contribution in [0.25, 0.3) is 11.4 Å². The lowest BCUT2D eigenvalue weighted by Gasteiger charge is -1.99. The van der Waals surface area contributed by atoms with Gasteiger partial charge in [0.1, 0.15) is 5.82 Å². The maximum absolute atomic E-state index is 10.9. The third-order valence-corrected chi connectivity index (χ3v) is 3.02. The van der Waals surface area contributed by atoms with Crippen LogP contribution >= 0.6 is 23.2 Å². The fourth-order valence-electron chi connectivity index (χ4n) is 1.45. The third-order valence-electron chi connectivity index (χ3n) is 2.28. The molecule has 1 heterocycles. The maximum atomic E-state index is 10.9. The number of H-pyrrole nitrogens is 1. The van der Waals surface area contributed by atoms with Gasteiger partial charge in [-0.25, -0.2) is 9.78 Å². The molecule has 0 spiro atoms. The fourth-order valence-corrected chi connectivity index (χ4v) is 1.75. The Morgan fingerprint density at radius 3 is 2.59 bits per heavy atom. The van der Waals surface area contributed by atoms with Crippen molar-refractivity contribution in [1.29, 1.82) is 0 Å². The first-order valence-corrected chi connectivity index (χ1v) is 5.50. The zero-order valence-electron chi connectivity index (χ0n) is 8.79. The van der Waals surface area contributed by atoms with Crippen molar-refractivity contribution in [3.63, 3.8) is 0 Å². The van der Waals surface area contributed by atoms with Gasteiger partial charge in [0.05, 0.1) is 10.0 Å². The monoisotopic (exact) mass is 270 g/mol. The van der Waals surface area contributed by atoms with E-state index in [2.05, 4.69) is 9.97 Å². The van der Waals surface area contributed by atoms with Gasteiger partial charge in [0.2, 0.25) is 0 Å². The topological polar surface area (TPSA) is 66.0 Å². The van der Waals surface area contributed by atoms with Crippen molar-refractivity contribution in [3.05, 3.63) is 39.6 Å². The number of imidazole rings is 1. The zero-order chi connectivity index (χ0) is 12.6. The van der Waals surface area contributed by atoms with E-state index in [4.69, 9.17) is 28.3 Å². The van der Waals surface area contributed by atoms with Crippen LogP contribution in [-0.4, -0.2) is 21.0 Å². The molecule has 88 valence electrons. The Kier molecular flexibility index (Phi) is 3.09. The SMILES string of the molecule is Cc1[nH]c(-c2ccc(Cl)c(Cl)c2)nc1C(=O)O. The van der Waals surface area contributed by atoms with Gasteiger partial charge in [-0.05, 0) is 25.1 Å². The molecule has 1 aromatic heterocycles. The number of halogens is 2. The minimum Gasteiger partial charge on any atom is -0.476 e. The lowest BCUT2D eigenvalue weighted by atomic mass is 10.2. The molecule has 17 heavy (non-hydrogen) atoms. The van der Waals surface area contributed by atoms with Crippen LogP contribution in [0.4, 0.5) is 0 Å². The van der Waals surface area contributed by atoms with Crippen LogP contribution in [0.1, 0.15) is 16.2 Å².